The molecule has 0 atom stereocenters. The van der Waals surface area contributed by atoms with Gasteiger partial charge in [0.25, 0.3) is 0 Å². The molecule has 3 heteroatoms. The normalized spacial score (nSPS) is 14.8. The van der Waals surface area contributed by atoms with Crippen LogP contribution in [0.2, 0.25) is 0 Å². The van der Waals surface area contributed by atoms with E-state index in [1.807, 2.05) is 0 Å². The molecule has 0 fully saturated rings. The first-order chi connectivity index (χ1) is 28.0. The number of fused-ring (bicyclic) bond motifs is 17. The quantitative estimate of drug-likeness (QED) is 0.178. The highest BCUT2D eigenvalue weighted by Crippen LogP contribution is 2.63. The van der Waals surface area contributed by atoms with Crippen LogP contribution in [0.5, 0.6) is 0 Å². The first-order valence-electron chi connectivity index (χ1n) is 19.9. The van der Waals surface area contributed by atoms with Gasteiger partial charge >= 0.3 is 0 Å². The summed E-state index contributed by atoms with van der Waals surface area (Å²) in [5.74, 6) is 0.847. The van der Waals surface area contributed by atoms with Gasteiger partial charge in [0.1, 0.15) is 5.69 Å². The Morgan fingerprint density at radius 3 is 1.63 bits per heavy atom. The summed E-state index contributed by atoms with van der Waals surface area (Å²) in [6.07, 6.45) is 0. The van der Waals surface area contributed by atoms with Crippen molar-refractivity contribution in [2.75, 3.05) is 0 Å². The second-order valence-electron chi connectivity index (χ2n) is 16.5. The highest BCUT2D eigenvalue weighted by Gasteiger charge is 2.51. The summed E-state index contributed by atoms with van der Waals surface area (Å²) in [6.45, 7) is 4.59. The predicted octanol–water partition coefficient (Wildman–Crippen LogP) is 13.0. The Morgan fingerprint density at radius 1 is 0.404 bits per heavy atom. The molecule has 0 saturated carbocycles. The average molecular weight is 726 g/mol. The van der Waals surface area contributed by atoms with Crippen molar-refractivity contribution >= 4 is 32.6 Å². The zero-order valence-electron chi connectivity index (χ0n) is 31.6. The summed E-state index contributed by atoms with van der Waals surface area (Å²) in [4.78, 5) is 11.6. The summed E-state index contributed by atoms with van der Waals surface area (Å²) in [7, 11) is 0. The minimum absolute atomic E-state index is 0.319. The molecular formula is C54H35N3. The maximum absolute atomic E-state index is 5.82. The average Bonchev–Trinajstić information content (AvgIpc) is 3.92. The van der Waals surface area contributed by atoms with E-state index >= 15 is 0 Å². The van der Waals surface area contributed by atoms with Crippen LogP contribution in [0.3, 0.4) is 0 Å². The fourth-order valence-corrected chi connectivity index (χ4v) is 10.9. The van der Waals surface area contributed by atoms with E-state index in [2.05, 4.69) is 194 Å². The Balaban J connectivity index is 1.16. The van der Waals surface area contributed by atoms with Crippen molar-refractivity contribution in [3.8, 4) is 50.6 Å². The SMILES string of the molecule is CC1(C)c2ccccc2-c2nc(-n3c4ccccc4c4cc5ccccc5cc43)c(-c3ccc4c(c3)C3(c5ccccc5-c5ccccc53)c3ccccc3-4)nc21. The number of hydrogen-bond donors (Lipinski definition) is 0. The van der Waals surface area contributed by atoms with Crippen LogP contribution in [0.4, 0.5) is 0 Å². The van der Waals surface area contributed by atoms with Crippen molar-refractivity contribution in [3.63, 3.8) is 0 Å². The van der Waals surface area contributed by atoms with Gasteiger partial charge in [0, 0.05) is 27.3 Å². The van der Waals surface area contributed by atoms with Crippen molar-refractivity contribution in [1.82, 2.24) is 14.5 Å². The maximum atomic E-state index is 5.82. The zero-order chi connectivity index (χ0) is 37.6. The van der Waals surface area contributed by atoms with E-state index in [9.17, 15) is 0 Å². The van der Waals surface area contributed by atoms with Gasteiger partial charge in [0.05, 0.1) is 27.8 Å². The molecule has 13 rings (SSSR count). The number of benzene rings is 8. The first-order valence-corrected chi connectivity index (χ1v) is 19.9. The fourth-order valence-electron chi connectivity index (χ4n) is 10.9. The van der Waals surface area contributed by atoms with Gasteiger partial charge in [0.15, 0.2) is 5.82 Å². The van der Waals surface area contributed by atoms with Crippen molar-refractivity contribution < 1.29 is 0 Å². The number of nitrogens with zero attached hydrogens (tertiary/aromatic N) is 3. The smallest absolute Gasteiger partial charge is 0.165 e. The van der Waals surface area contributed by atoms with Gasteiger partial charge in [-0.1, -0.05) is 166 Å². The zero-order valence-corrected chi connectivity index (χ0v) is 31.6. The topological polar surface area (TPSA) is 30.7 Å². The van der Waals surface area contributed by atoms with Crippen molar-refractivity contribution in [1.29, 1.82) is 0 Å². The molecule has 2 aromatic heterocycles. The summed E-state index contributed by atoms with van der Waals surface area (Å²) in [6, 6.07) is 65.0. The molecule has 3 aliphatic rings. The Hall–Kier alpha value is -7.10. The van der Waals surface area contributed by atoms with E-state index in [0.29, 0.717) is 0 Å². The van der Waals surface area contributed by atoms with Gasteiger partial charge < -0.3 is 0 Å². The third-order valence-electron chi connectivity index (χ3n) is 13.3. The summed E-state index contributed by atoms with van der Waals surface area (Å²) in [5.41, 5.74) is 18.3. The fraction of sp³-hybridized carbons (Fsp3) is 0.0741. The summed E-state index contributed by atoms with van der Waals surface area (Å²) < 4.78 is 2.38. The van der Waals surface area contributed by atoms with E-state index in [4.69, 9.17) is 9.97 Å². The van der Waals surface area contributed by atoms with E-state index in [-0.39, 0.29) is 5.41 Å². The lowest BCUT2D eigenvalue weighted by Gasteiger charge is -2.30. The van der Waals surface area contributed by atoms with Gasteiger partial charge in [-0.25, -0.2) is 9.97 Å². The molecule has 8 aromatic carbocycles. The van der Waals surface area contributed by atoms with Gasteiger partial charge in [-0.05, 0) is 85.1 Å². The van der Waals surface area contributed by atoms with Crippen LogP contribution in [-0.2, 0) is 10.8 Å². The molecule has 3 aliphatic carbocycles. The molecular weight excluding hydrogens is 691 g/mol. The van der Waals surface area contributed by atoms with Gasteiger partial charge in [-0.15, -0.1) is 0 Å². The Kier molecular flexibility index (Phi) is 5.90. The second-order valence-corrected chi connectivity index (χ2v) is 16.5. The number of rotatable bonds is 2. The monoisotopic (exact) mass is 725 g/mol. The van der Waals surface area contributed by atoms with Crippen LogP contribution >= 0.6 is 0 Å². The molecule has 10 aromatic rings. The number of hydrogen-bond acceptors (Lipinski definition) is 2. The number of aromatic nitrogens is 3. The van der Waals surface area contributed by atoms with Crippen LogP contribution < -0.4 is 0 Å². The molecule has 0 N–H and O–H groups in total. The summed E-state index contributed by atoms with van der Waals surface area (Å²) >= 11 is 0. The molecule has 0 unspecified atom stereocenters. The van der Waals surface area contributed by atoms with Crippen LogP contribution in [0, 0.1) is 0 Å². The first kappa shape index (κ1) is 31.1. The van der Waals surface area contributed by atoms with E-state index in [0.717, 1.165) is 45.1 Å². The van der Waals surface area contributed by atoms with Gasteiger partial charge in [0.2, 0.25) is 0 Å². The molecule has 266 valence electrons. The van der Waals surface area contributed by atoms with E-state index in [1.165, 1.54) is 71.6 Å². The third-order valence-corrected chi connectivity index (χ3v) is 13.3. The molecule has 0 radical (unpaired) electrons. The highest BCUT2D eigenvalue weighted by atomic mass is 15.1. The standard InChI is InChI=1S/C54H35N3/c1-53(2)42-22-10-8-21-40(42)50-51(53)55-49(52(56-50)57-47-26-14-9-20-39(47)41-29-32-15-3-4-16-33(32)31-48(41)57)34-27-28-38-37-19-7-13-25-45(37)54(46(38)30-34)43-23-11-5-17-35(43)36-18-6-12-24-44(36)54/h3-31H,1-2H3. The van der Waals surface area contributed by atoms with Crippen molar-refractivity contribution in [3.05, 3.63) is 209 Å². The number of para-hydroxylation sites is 1. The maximum Gasteiger partial charge on any atom is 0.165 e. The minimum Gasteiger partial charge on any atom is -0.292 e. The molecule has 2 heterocycles. The molecule has 0 aliphatic heterocycles. The van der Waals surface area contributed by atoms with E-state index in [1.54, 1.807) is 0 Å². The Labute approximate surface area is 330 Å². The van der Waals surface area contributed by atoms with Crippen LogP contribution in [0.25, 0.3) is 83.2 Å². The van der Waals surface area contributed by atoms with E-state index < -0.39 is 5.41 Å². The molecule has 1 spiro atoms. The largest absolute Gasteiger partial charge is 0.292 e. The molecule has 0 bridgehead atoms. The molecule has 3 nitrogen and oxygen atoms in total. The van der Waals surface area contributed by atoms with Crippen molar-refractivity contribution in [2.24, 2.45) is 0 Å². The van der Waals surface area contributed by atoms with Crippen LogP contribution in [0.15, 0.2) is 176 Å². The lowest BCUT2D eigenvalue weighted by atomic mass is 9.70. The van der Waals surface area contributed by atoms with Crippen LogP contribution in [0.1, 0.15) is 47.4 Å². The summed E-state index contributed by atoms with van der Waals surface area (Å²) in [5, 5.41) is 4.84. The lowest BCUT2D eigenvalue weighted by Crippen LogP contribution is -2.25. The third kappa shape index (κ3) is 3.82. The lowest BCUT2D eigenvalue weighted by molar-refractivity contribution is 0.635. The van der Waals surface area contributed by atoms with Crippen LogP contribution in [-0.4, -0.2) is 14.5 Å². The van der Waals surface area contributed by atoms with Gasteiger partial charge in [-0.2, -0.15) is 0 Å². The molecule has 0 saturated heterocycles. The Morgan fingerprint density at radius 2 is 0.947 bits per heavy atom. The van der Waals surface area contributed by atoms with Gasteiger partial charge in [-0.3, -0.25) is 4.57 Å². The molecule has 0 amide bonds. The minimum atomic E-state index is -0.458. The predicted molar refractivity (Wildman–Crippen MR) is 233 cm³/mol. The Bertz CT molecular complexity index is 3340. The highest BCUT2D eigenvalue weighted by molar-refractivity contribution is 6.14. The van der Waals surface area contributed by atoms with Crippen molar-refractivity contribution in [2.45, 2.75) is 24.7 Å². The second kappa shape index (κ2) is 10.8. The molecule has 57 heavy (non-hydrogen) atoms.